The first-order chi connectivity index (χ1) is 13.6. The number of aliphatic carboxylic acids is 1. The van der Waals surface area contributed by atoms with E-state index in [1.807, 2.05) is 0 Å². The molecule has 0 aliphatic carbocycles. The molecule has 11 nitrogen and oxygen atoms in total. The molecule has 0 saturated carbocycles. The minimum absolute atomic E-state index is 0.0211. The number of carboxylic acids is 1. The van der Waals surface area contributed by atoms with Crippen LogP contribution in [0.4, 0.5) is 0 Å². The normalized spacial score (nSPS) is 34.3. The van der Waals surface area contributed by atoms with Crippen molar-refractivity contribution in [3.05, 3.63) is 0 Å². The Morgan fingerprint density at radius 2 is 1.55 bits per heavy atom. The van der Waals surface area contributed by atoms with Gasteiger partial charge in [0.2, 0.25) is 0 Å². The molecule has 14 heteroatoms. The molecule has 29 heavy (non-hydrogen) atoms. The van der Waals surface area contributed by atoms with Gasteiger partial charge in [-0.1, -0.05) is 0 Å². The van der Waals surface area contributed by atoms with Gasteiger partial charge in [-0.25, -0.2) is 0 Å². The number of methoxy groups -OCH3 is 1. The molecule has 6 fully saturated rings. The maximum absolute atomic E-state index is 13.4. The molecule has 0 radical (unpaired) electrons. The summed E-state index contributed by atoms with van der Waals surface area (Å²) in [6.07, 6.45) is 1.50. The number of hydrogen-bond donors (Lipinski definition) is 1. The van der Waals surface area contributed by atoms with Crippen molar-refractivity contribution in [2.75, 3.05) is 26.1 Å². The van der Waals surface area contributed by atoms with Gasteiger partial charge < -0.3 is 0 Å². The van der Waals surface area contributed by atoms with Crippen molar-refractivity contribution in [1.29, 1.82) is 0 Å². The van der Waals surface area contributed by atoms with Crippen LogP contribution in [0.15, 0.2) is 0 Å². The number of carbonyl (C=O) groups excluding carboxylic acids is 1. The SMILES string of the molecule is COC(=O)C(C)CCCC(CP(C)(=O)CC([PH]12OC(O1)O2)[PH]12OC(O1)O2)C(=O)O. The average molecular weight is 476 g/mol. The minimum atomic E-state index is -2.98. The fourth-order valence-electron chi connectivity index (χ4n) is 4.00. The van der Waals surface area contributed by atoms with Crippen molar-refractivity contribution in [3.63, 3.8) is 0 Å². The number of carboxylic acid groups (broad SMARTS) is 1. The topological polar surface area (TPSA) is 136 Å². The van der Waals surface area contributed by atoms with Crippen LogP contribution >= 0.6 is 23.0 Å². The number of rotatable bonds is 12. The summed E-state index contributed by atoms with van der Waals surface area (Å²) in [6, 6.07) is 0. The zero-order chi connectivity index (χ0) is 21.0. The molecule has 0 aromatic carbocycles. The Kier molecular flexibility index (Phi) is 5.87. The molecule has 4 bridgehead atoms. The van der Waals surface area contributed by atoms with Crippen LogP contribution in [0.1, 0.15) is 26.2 Å². The van der Waals surface area contributed by atoms with E-state index >= 15 is 0 Å². The van der Waals surface area contributed by atoms with E-state index < -0.39 is 53.3 Å². The van der Waals surface area contributed by atoms with E-state index in [0.29, 0.717) is 19.3 Å². The van der Waals surface area contributed by atoms with Gasteiger partial charge in [-0.2, -0.15) is 0 Å². The molecule has 6 saturated heterocycles. The average Bonchev–Trinajstić information content (AvgIpc) is 2.46. The van der Waals surface area contributed by atoms with E-state index in [-0.39, 0.29) is 24.2 Å². The molecular weight excluding hydrogens is 449 g/mol. The third-order valence-corrected chi connectivity index (χ3v) is 16.1. The second kappa shape index (κ2) is 7.73. The Hall–Kier alpha value is -0.210. The van der Waals surface area contributed by atoms with Gasteiger partial charge in [0.15, 0.2) is 0 Å². The van der Waals surface area contributed by atoms with Crippen molar-refractivity contribution in [3.8, 4) is 0 Å². The first-order valence-electron chi connectivity index (χ1n) is 9.51. The molecule has 3 unspecified atom stereocenters. The van der Waals surface area contributed by atoms with Gasteiger partial charge in [-0.3, -0.25) is 0 Å². The van der Waals surface area contributed by atoms with Gasteiger partial charge in [0.05, 0.1) is 0 Å². The van der Waals surface area contributed by atoms with Crippen LogP contribution < -0.4 is 0 Å². The number of hydrogen-bond acceptors (Lipinski definition) is 10. The van der Waals surface area contributed by atoms with E-state index in [2.05, 4.69) is 4.74 Å². The summed E-state index contributed by atoms with van der Waals surface area (Å²) in [4.78, 5) is 23.2. The summed E-state index contributed by atoms with van der Waals surface area (Å²) in [6.45, 7) is 1.99. The fourth-order valence-corrected chi connectivity index (χ4v) is 16.0. The van der Waals surface area contributed by atoms with Crippen molar-refractivity contribution in [2.24, 2.45) is 11.8 Å². The second-order valence-corrected chi connectivity index (χ2v) is 17.2. The molecular formula is C15H27O11P3. The summed E-state index contributed by atoms with van der Waals surface area (Å²) in [7, 11) is -7.57. The van der Waals surface area contributed by atoms with Gasteiger partial charge >= 0.3 is 169 Å². The second-order valence-electron chi connectivity index (χ2n) is 8.10. The van der Waals surface area contributed by atoms with E-state index in [4.69, 9.17) is 27.1 Å². The van der Waals surface area contributed by atoms with Gasteiger partial charge in [-0.05, 0) is 0 Å². The van der Waals surface area contributed by atoms with E-state index in [1.165, 1.54) is 7.11 Å². The summed E-state index contributed by atoms with van der Waals surface area (Å²) in [5, 5.41) is 9.11. The fraction of sp³-hybridized carbons (Fsp3) is 0.867. The van der Waals surface area contributed by atoms with E-state index in [0.717, 1.165) is 0 Å². The maximum atomic E-state index is 13.4. The van der Waals surface area contributed by atoms with Gasteiger partial charge in [-0.15, -0.1) is 0 Å². The Balaban J connectivity index is 1.34. The molecule has 6 rings (SSSR count). The molecule has 6 aliphatic rings. The van der Waals surface area contributed by atoms with Crippen LogP contribution in [0.5, 0.6) is 0 Å². The van der Waals surface area contributed by atoms with Gasteiger partial charge in [0.25, 0.3) is 0 Å². The molecule has 6 aliphatic heterocycles. The number of ether oxygens (including phenoxy) is 1. The summed E-state index contributed by atoms with van der Waals surface area (Å²) in [5.74, 6) is -2.43. The summed E-state index contributed by atoms with van der Waals surface area (Å²) in [5.41, 5.74) is 0. The standard InChI is InChI=1S/C15H27O11P3/c1-9(13(18)20-2)5-4-6-10(12(16)17)7-27(3,19)8-11(28-21-14(22-28)23-28)29-24-15(25-29)26-29/h9-11,14-15,28-29H,4-8H2,1-3H3,(H,16,17). The first kappa shape index (κ1) is 22.0. The van der Waals surface area contributed by atoms with Crippen molar-refractivity contribution in [1.82, 2.24) is 0 Å². The molecule has 168 valence electrons. The third kappa shape index (κ3) is 4.02. The number of esters is 1. The summed E-state index contributed by atoms with van der Waals surface area (Å²) >= 11 is 0. The van der Waals surface area contributed by atoms with Crippen molar-refractivity contribution < 1.29 is 51.1 Å². The first-order valence-corrected chi connectivity index (χ1v) is 15.6. The van der Waals surface area contributed by atoms with Crippen LogP contribution in [0.3, 0.4) is 0 Å². The molecule has 0 spiro atoms. The molecule has 0 amide bonds. The van der Waals surface area contributed by atoms with Crippen molar-refractivity contribution >= 4 is 35.0 Å². The van der Waals surface area contributed by atoms with Crippen LogP contribution in [-0.4, -0.2) is 61.5 Å². The van der Waals surface area contributed by atoms with Crippen LogP contribution in [0.2, 0.25) is 0 Å². The zero-order valence-electron chi connectivity index (χ0n) is 16.4. The van der Waals surface area contributed by atoms with Crippen molar-refractivity contribution in [2.45, 2.75) is 44.5 Å². The quantitative estimate of drug-likeness (QED) is 0.329. The molecule has 6 heterocycles. The van der Waals surface area contributed by atoms with Gasteiger partial charge in [0, 0.05) is 0 Å². The Morgan fingerprint density at radius 3 is 1.93 bits per heavy atom. The zero-order valence-corrected chi connectivity index (χ0v) is 19.3. The Labute approximate surface area is 169 Å². The van der Waals surface area contributed by atoms with E-state index in [1.54, 1.807) is 13.6 Å². The summed E-state index contributed by atoms with van der Waals surface area (Å²) < 4.78 is 51.4. The third-order valence-electron chi connectivity index (χ3n) is 5.73. The van der Waals surface area contributed by atoms with Crippen LogP contribution in [0, 0.1) is 11.8 Å². The Morgan fingerprint density at radius 1 is 1.03 bits per heavy atom. The van der Waals surface area contributed by atoms with E-state index in [9.17, 15) is 19.3 Å². The molecule has 0 aromatic rings. The molecule has 1 N–H and O–H groups in total. The van der Waals surface area contributed by atoms with Crippen LogP contribution in [-0.2, 0) is 46.0 Å². The predicted octanol–water partition coefficient (Wildman–Crippen LogP) is 2.70. The monoisotopic (exact) mass is 476 g/mol. The predicted molar refractivity (Wildman–Crippen MR) is 104 cm³/mol. The van der Waals surface area contributed by atoms with Gasteiger partial charge in [0.1, 0.15) is 0 Å². The molecule has 3 atom stereocenters. The molecule has 0 aromatic heterocycles. The Bertz CT molecular complexity index is 685. The number of carbonyl (C=O) groups is 2. The van der Waals surface area contributed by atoms with Crippen LogP contribution in [0.25, 0.3) is 0 Å².